The quantitative estimate of drug-likeness (QED) is 0.882. The van der Waals surface area contributed by atoms with Gasteiger partial charge in [0.1, 0.15) is 6.54 Å². The zero-order valence-electron chi connectivity index (χ0n) is 15.2. The summed E-state index contributed by atoms with van der Waals surface area (Å²) in [5, 5.41) is 2.88. The van der Waals surface area contributed by atoms with Crippen LogP contribution in [0.4, 0.5) is 5.69 Å². The van der Waals surface area contributed by atoms with Gasteiger partial charge >= 0.3 is 0 Å². The third-order valence-electron chi connectivity index (χ3n) is 4.98. The summed E-state index contributed by atoms with van der Waals surface area (Å²) in [6, 6.07) is 15.4. The molecule has 2 aliphatic heterocycles. The molecule has 0 bridgehead atoms. The number of ether oxygens (including phenoxy) is 1. The Morgan fingerprint density at radius 2 is 1.78 bits per heavy atom. The number of nitrogens with zero attached hydrogens (tertiary/aromatic N) is 2. The molecule has 0 unspecified atom stereocenters. The van der Waals surface area contributed by atoms with Gasteiger partial charge in [-0.3, -0.25) is 14.5 Å². The van der Waals surface area contributed by atoms with Crippen LogP contribution in [0, 0.1) is 0 Å². The van der Waals surface area contributed by atoms with Gasteiger partial charge in [-0.15, -0.1) is 0 Å². The van der Waals surface area contributed by atoms with Gasteiger partial charge in [-0.05, 0) is 29.3 Å². The van der Waals surface area contributed by atoms with Crippen LogP contribution in [0.5, 0.6) is 0 Å². The first-order valence-electron chi connectivity index (χ1n) is 9.25. The molecular weight excluding hydrogens is 342 g/mol. The van der Waals surface area contributed by atoms with Crippen LogP contribution < -0.4 is 5.32 Å². The van der Waals surface area contributed by atoms with Gasteiger partial charge in [0.2, 0.25) is 5.91 Å². The fourth-order valence-corrected chi connectivity index (χ4v) is 3.53. The van der Waals surface area contributed by atoms with Crippen molar-refractivity contribution < 1.29 is 14.3 Å². The van der Waals surface area contributed by atoms with E-state index in [1.165, 1.54) is 5.56 Å². The van der Waals surface area contributed by atoms with Gasteiger partial charge in [0.25, 0.3) is 5.91 Å². The molecule has 0 aromatic heterocycles. The van der Waals surface area contributed by atoms with E-state index in [1.807, 2.05) is 48.5 Å². The van der Waals surface area contributed by atoms with Crippen molar-refractivity contribution in [1.82, 2.24) is 9.80 Å². The number of rotatable bonds is 5. The average Bonchev–Trinajstić information content (AvgIpc) is 3.00. The molecule has 1 N–H and O–H groups in total. The normalized spacial score (nSPS) is 17.0. The summed E-state index contributed by atoms with van der Waals surface area (Å²) >= 11 is 0. The van der Waals surface area contributed by atoms with E-state index < -0.39 is 0 Å². The van der Waals surface area contributed by atoms with Crippen molar-refractivity contribution in [1.29, 1.82) is 0 Å². The van der Waals surface area contributed by atoms with Gasteiger partial charge in [-0.2, -0.15) is 0 Å². The van der Waals surface area contributed by atoms with Crippen molar-refractivity contribution in [3.05, 3.63) is 65.2 Å². The predicted octanol–water partition coefficient (Wildman–Crippen LogP) is 2.11. The number of nitrogens with one attached hydrogen (secondary N) is 1. The van der Waals surface area contributed by atoms with Crippen LogP contribution in [0.1, 0.15) is 21.5 Å². The molecule has 140 valence electrons. The summed E-state index contributed by atoms with van der Waals surface area (Å²) in [5.74, 6) is -0.265. The van der Waals surface area contributed by atoms with Gasteiger partial charge in [-0.1, -0.05) is 30.3 Å². The molecule has 0 radical (unpaired) electrons. The minimum Gasteiger partial charge on any atom is -0.379 e. The van der Waals surface area contributed by atoms with E-state index in [0.29, 0.717) is 12.1 Å². The summed E-state index contributed by atoms with van der Waals surface area (Å²) in [6.45, 7) is 4.90. The van der Waals surface area contributed by atoms with Crippen LogP contribution >= 0.6 is 0 Å². The molecule has 2 amide bonds. The van der Waals surface area contributed by atoms with Crippen molar-refractivity contribution in [3.8, 4) is 0 Å². The number of benzene rings is 2. The number of fused-ring (bicyclic) bond motifs is 1. The lowest BCUT2D eigenvalue weighted by atomic mass is 10.1. The highest BCUT2D eigenvalue weighted by Crippen LogP contribution is 2.22. The summed E-state index contributed by atoms with van der Waals surface area (Å²) in [4.78, 5) is 28.6. The van der Waals surface area contributed by atoms with Crippen LogP contribution in [0.25, 0.3) is 0 Å². The SMILES string of the molecule is O=C(CN1Cc2ccccc2C1=O)Nc1ccc(CN2CCOCC2)cc1. The van der Waals surface area contributed by atoms with Crippen molar-refractivity contribution in [2.45, 2.75) is 13.1 Å². The number of carbonyl (C=O) groups is 2. The minimum absolute atomic E-state index is 0.0586. The first-order valence-corrected chi connectivity index (χ1v) is 9.25. The largest absolute Gasteiger partial charge is 0.379 e. The second kappa shape index (κ2) is 7.90. The first-order chi connectivity index (χ1) is 13.2. The molecule has 2 aromatic carbocycles. The van der Waals surface area contributed by atoms with Crippen LogP contribution in [0.2, 0.25) is 0 Å². The molecule has 0 atom stereocenters. The molecule has 4 rings (SSSR count). The van der Waals surface area contributed by atoms with Crippen molar-refractivity contribution >= 4 is 17.5 Å². The maximum atomic E-state index is 12.4. The van der Waals surface area contributed by atoms with E-state index in [2.05, 4.69) is 10.2 Å². The fraction of sp³-hybridized carbons (Fsp3) is 0.333. The second-order valence-electron chi connectivity index (χ2n) is 6.95. The second-order valence-corrected chi connectivity index (χ2v) is 6.95. The Labute approximate surface area is 158 Å². The van der Waals surface area contributed by atoms with E-state index in [4.69, 9.17) is 4.74 Å². The van der Waals surface area contributed by atoms with Crippen LogP contribution in [-0.4, -0.2) is 54.5 Å². The van der Waals surface area contributed by atoms with Gasteiger partial charge in [-0.25, -0.2) is 0 Å². The van der Waals surface area contributed by atoms with Crippen molar-refractivity contribution in [3.63, 3.8) is 0 Å². The zero-order valence-corrected chi connectivity index (χ0v) is 15.2. The van der Waals surface area contributed by atoms with E-state index in [9.17, 15) is 9.59 Å². The topological polar surface area (TPSA) is 61.9 Å². The molecule has 6 nitrogen and oxygen atoms in total. The Morgan fingerprint density at radius 3 is 2.52 bits per heavy atom. The average molecular weight is 365 g/mol. The molecule has 27 heavy (non-hydrogen) atoms. The lowest BCUT2D eigenvalue weighted by Gasteiger charge is -2.26. The monoisotopic (exact) mass is 365 g/mol. The highest BCUT2D eigenvalue weighted by molar-refractivity contribution is 6.02. The summed E-state index contributed by atoms with van der Waals surface area (Å²) < 4.78 is 5.37. The van der Waals surface area contributed by atoms with Gasteiger partial charge < -0.3 is 15.0 Å². The number of hydrogen-bond donors (Lipinski definition) is 1. The Hall–Kier alpha value is -2.70. The van der Waals surface area contributed by atoms with Gasteiger partial charge in [0, 0.05) is 37.4 Å². The molecule has 0 spiro atoms. The Bertz CT molecular complexity index is 829. The van der Waals surface area contributed by atoms with Crippen LogP contribution in [0.15, 0.2) is 48.5 Å². The van der Waals surface area contributed by atoms with E-state index >= 15 is 0 Å². The minimum atomic E-state index is -0.183. The molecule has 0 aliphatic carbocycles. The number of amides is 2. The zero-order chi connectivity index (χ0) is 18.6. The third-order valence-corrected chi connectivity index (χ3v) is 4.98. The molecular formula is C21H23N3O3. The molecule has 2 aromatic rings. The highest BCUT2D eigenvalue weighted by Gasteiger charge is 2.28. The smallest absolute Gasteiger partial charge is 0.254 e. The Balaban J connectivity index is 1.30. The molecule has 0 saturated carbocycles. The fourth-order valence-electron chi connectivity index (χ4n) is 3.53. The molecule has 2 heterocycles. The Kier molecular flexibility index (Phi) is 5.18. The lowest BCUT2D eigenvalue weighted by molar-refractivity contribution is -0.116. The molecule has 1 fully saturated rings. The van der Waals surface area contributed by atoms with Gasteiger partial charge in [0.05, 0.1) is 13.2 Å². The molecule has 6 heteroatoms. The third kappa shape index (κ3) is 4.18. The van der Waals surface area contributed by atoms with E-state index in [1.54, 1.807) is 4.90 Å². The number of morpholine rings is 1. The van der Waals surface area contributed by atoms with Gasteiger partial charge in [0.15, 0.2) is 0 Å². The van der Waals surface area contributed by atoms with Crippen LogP contribution in [-0.2, 0) is 22.6 Å². The number of hydrogen-bond acceptors (Lipinski definition) is 4. The number of anilines is 1. The maximum absolute atomic E-state index is 12.4. The van der Waals surface area contributed by atoms with Crippen molar-refractivity contribution in [2.75, 3.05) is 38.2 Å². The summed E-state index contributed by atoms with van der Waals surface area (Å²) in [5.41, 5.74) is 3.62. The maximum Gasteiger partial charge on any atom is 0.254 e. The van der Waals surface area contributed by atoms with E-state index in [-0.39, 0.29) is 18.4 Å². The molecule has 1 saturated heterocycles. The van der Waals surface area contributed by atoms with E-state index in [0.717, 1.165) is 44.1 Å². The summed E-state index contributed by atoms with van der Waals surface area (Å²) in [7, 11) is 0. The highest BCUT2D eigenvalue weighted by atomic mass is 16.5. The Morgan fingerprint density at radius 1 is 1.04 bits per heavy atom. The van der Waals surface area contributed by atoms with Crippen molar-refractivity contribution in [2.24, 2.45) is 0 Å². The van der Waals surface area contributed by atoms with Crippen LogP contribution in [0.3, 0.4) is 0 Å². The summed E-state index contributed by atoms with van der Waals surface area (Å²) in [6.07, 6.45) is 0. The molecule has 2 aliphatic rings. The predicted molar refractivity (Wildman–Crippen MR) is 102 cm³/mol. The standard InChI is InChI=1S/C21H23N3O3/c25-20(15-24-14-17-3-1-2-4-19(17)21(24)26)22-18-7-5-16(6-8-18)13-23-9-11-27-12-10-23/h1-8H,9-15H2,(H,22,25). The first kappa shape index (κ1) is 17.7. The number of carbonyl (C=O) groups excluding carboxylic acids is 2. The lowest BCUT2D eigenvalue weighted by Crippen LogP contribution is -2.35.